The van der Waals surface area contributed by atoms with Gasteiger partial charge < -0.3 is 25.8 Å². The second kappa shape index (κ2) is 8.68. The average molecular weight is 288 g/mol. The molecule has 1 aromatic heterocycles. The second-order valence-corrected chi connectivity index (χ2v) is 4.62. The lowest BCUT2D eigenvalue weighted by atomic mass is 10.4. The number of amides is 1. The minimum atomic E-state index is -0.227. The number of hydrogen-bond donors (Lipinski definition) is 3. The number of methoxy groups -OCH3 is 1. The smallest absolute Gasteiger partial charge is 0.265 e. The standard InChI is InChI=1S/C11H20N4O3S/c1-3-13-11-15-9(12)8(19-11)10(16)14-4-5-18-7-6-17-2/h3-7,12H2,1-2H3,(H,13,15)(H,14,16). The highest BCUT2D eigenvalue weighted by Gasteiger charge is 2.15. The summed E-state index contributed by atoms with van der Waals surface area (Å²) in [6, 6.07) is 0. The quantitative estimate of drug-likeness (QED) is 0.574. The molecule has 0 aliphatic carbocycles. The SMILES string of the molecule is CCNc1nc(N)c(C(=O)NCCOCCOC)s1. The van der Waals surface area contributed by atoms with Crippen LogP contribution in [0.15, 0.2) is 0 Å². The predicted octanol–water partition coefficient (Wildman–Crippen LogP) is 0.550. The summed E-state index contributed by atoms with van der Waals surface area (Å²) in [6.07, 6.45) is 0. The van der Waals surface area contributed by atoms with Crippen molar-refractivity contribution in [2.45, 2.75) is 6.92 Å². The molecule has 0 aromatic carbocycles. The molecule has 19 heavy (non-hydrogen) atoms. The van der Waals surface area contributed by atoms with Gasteiger partial charge in [-0.15, -0.1) is 0 Å². The molecule has 1 aromatic rings. The molecule has 7 nitrogen and oxygen atoms in total. The van der Waals surface area contributed by atoms with E-state index in [1.165, 1.54) is 11.3 Å². The number of ether oxygens (including phenoxy) is 2. The highest BCUT2D eigenvalue weighted by atomic mass is 32.1. The number of aromatic nitrogens is 1. The number of carbonyl (C=O) groups is 1. The van der Waals surface area contributed by atoms with Gasteiger partial charge in [0.15, 0.2) is 5.13 Å². The van der Waals surface area contributed by atoms with Gasteiger partial charge in [0, 0.05) is 20.2 Å². The van der Waals surface area contributed by atoms with Gasteiger partial charge in [0.1, 0.15) is 10.7 Å². The monoisotopic (exact) mass is 288 g/mol. The van der Waals surface area contributed by atoms with Crippen molar-refractivity contribution < 1.29 is 14.3 Å². The van der Waals surface area contributed by atoms with Crippen LogP contribution in [0.3, 0.4) is 0 Å². The molecule has 8 heteroatoms. The van der Waals surface area contributed by atoms with Crippen molar-refractivity contribution >= 4 is 28.2 Å². The normalized spacial score (nSPS) is 10.4. The van der Waals surface area contributed by atoms with Crippen molar-refractivity contribution in [3.8, 4) is 0 Å². The molecule has 1 rings (SSSR count). The number of carbonyl (C=O) groups excluding carboxylic acids is 1. The number of nitrogens with zero attached hydrogens (tertiary/aromatic N) is 1. The van der Waals surface area contributed by atoms with Crippen LogP contribution >= 0.6 is 11.3 Å². The molecule has 108 valence electrons. The highest BCUT2D eigenvalue weighted by Crippen LogP contribution is 2.24. The first-order valence-corrected chi connectivity index (χ1v) is 6.85. The maximum Gasteiger partial charge on any atom is 0.265 e. The third kappa shape index (κ3) is 5.41. The Hall–Kier alpha value is -1.38. The third-order valence-electron chi connectivity index (χ3n) is 2.15. The maximum atomic E-state index is 11.8. The summed E-state index contributed by atoms with van der Waals surface area (Å²) in [4.78, 5) is 16.3. The Balaban J connectivity index is 2.32. The predicted molar refractivity (Wildman–Crippen MR) is 75.7 cm³/mol. The van der Waals surface area contributed by atoms with Crippen LogP contribution in [-0.2, 0) is 9.47 Å². The van der Waals surface area contributed by atoms with E-state index >= 15 is 0 Å². The molecule has 1 heterocycles. The number of nitrogen functional groups attached to an aromatic ring is 1. The van der Waals surface area contributed by atoms with Crippen molar-refractivity contribution in [2.24, 2.45) is 0 Å². The first kappa shape index (κ1) is 15.7. The molecule has 0 fully saturated rings. The van der Waals surface area contributed by atoms with E-state index in [-0.39, 0.29) is 11.7 Å². The van der Waals surface area contributed by atoms with Gasteiger partial charge in [-0.05, 0) is 6.92 Å². The van der Waals surface area contributed by atoms with Crippen LogP contribution in [0.25, 0.3) is 0 Å². The molecule has 0 unspecified atom stereocenters. The van der Waals surface area contributed by atoms with Crippen LogP contribution in [0.1, 0.15) is 16.6 Å². The Kier molecular flexibility index (Phi) is 7.16. The Morgan fingerprint density at radius 1 is 1.42 bits per heavy atom. The molecule has 0 radical (unpaired) electrons. The minimum Gasteiger partial charge on any atom is -0.382 e. The lowest BCUT2D eigenvalue weighted by Gasteiger charge is -2.05. The van der Waals surface area contributed by atoms with Crippen molar-refractivity contribution in [1.82, 2.24) is 10.3 Å². The van der Waals surface area contributed by atoms with E-state index in [9.17, 15) is 4.79 Å². The van der Waals surface area contributed by atoms with Gasteiger partial charge in [-0.3, -0.25) is 4.79 Å². The zero-order chi connectivity index (χ0) is 14.1. The Morgan fingerprint density at radius 2 is 2.21 bits per heavy atom. The number of anilines is 2. The van der Waals surface area contributed by atoms with E-state index in [0.29, 0.717) is 36.4 Å². The minimum absolute atomic E-state index is 0.227. The lowest BCUT2D eigenvalue weighted by Crippen LogP contribution is -2.27. The Labute approximate surface area is 116 Å². The number of nitrogens with one attached hydrogen (secondary N) is 2. The molecule has 0 aliphatic rings. The van der Waals surface area contributed by atoms with Gasteiger partial charge in [-0.1, -0.05) is 11.3 Å². The molecular formula is C11H20N4O3S. The molecule has 0 saturated heterocycles. The van der Waals surface area contributed by atoms with Crippen LogP contribution in [0.5, 0.6) is 0 Å². The van der Waals surface area contributed by atoms with E-state index in [2.05, 4.69) is 15.6 Å². The van der Waals surface area contributed by atoms with Crippen molar-refractivity contribution in [2.75, 3.05) is 51.1 Å². The summed E-state index contributed by atoms with van der Waals surface area (Å²) in [5.74, 6) is 0.0215. The van der Waals surface area contributed by atoms with Gasteiger partial charge in [-0.2, -0.15) is 0 Å². The van der Waals surface area contributed by atoms with Gasteiger partial charge in [0.25, 0.3) is 5.91 Å². The van der Waals surface area contributed by atoms with Gasteiger partial charge in [0.05, 0.1) is 19.8 Å². The molecule has 0 bridgehead atoms. The van der Waals surface area contributed by atoms with Gasteiger partial charge >= 0.3 is 0 Å². The summed E-state index contributed by atoms with van der Waals surface area (Å²) >= 11 is 1.24. The number of rotatable bonds is 9. The van der Waals surface area contributed by atoms with Crippen LogP contribution < -0.4 is 16.4 Å². The highest BCUT2D eigenvalue weighted by molar-refractivity contribution is 7.18. The van der Waals surface area contributed by atoms with E-state index in [1.54, 1.807) is 7.11 Å². The Bertz CT molecular complexity index is 397. The van der Waals surface area contributed by atoms with Crippen molar-refractivity contribution in [3.63, 3.8) is 0 Å². The fourth-order valence-electron chi connectivity index (χ4n) is 1.28. The number of thiazole rings is 1. The summed E-state index contributed by atoms with van der Waals surface area (Å²) in [5.41, 5.74) is 5.69. The fourth-order valence-corrected chi connectivity index (χ4v) is 2.15. The van der Waals surface area contributed by atoms with E-state index in [4.69, 9.17) is 15.2 Å². The molecular weight excluding hydrogens is 268 g/mol. The van der Waals surface area contributed by atoms with E-state index in [0.717, 1.165) is 6.54 Å². The maximum absolute atomic E-state index is 11.8. The van der Waals surface area contributed by atoms with E-state index in [1.807, 2.05) is 6.92 Å². The van der Waals surface area contributed by atoms with Crippen LogP contribution in [0.2, 0.25) is 0 Å². The van der Waals surface area contributed by atoms with Gasteiger partial charge in [-0.25, -0.2) is 4.98 Å². The fraction of sp³-hybridized carbons (Fsp3) is 0.636. The first-order valence-electron chi connectivity index (χ1n) is 6.04. The third-order valence-corrected chi connectivity index (χ3v) is 3.18. The van der Waals surface area contributed by atoms with E-state index < -0.39 is 0 Å². The van der Waals surface area contributed by atoms with Crippen LogP contribution in [-0.4, -0.2) is 50.9 Å². The molecule has 1 amide bonds. The summed E-state index contributed by atoms with van der Waals surface area (Å²) in [7, 11) is 1.61. The lowest BCUT2D eigenvalue weighted by molar-refractivity contribution is 0.0693. The largest absolute Gasteiger partial charge is 0.382 e. The molecule has 0 atom stereocenters. The van der Waals surface area contributed by atoms with Crippen LogP contribution in [0.4, 0.5) is 10.9 Å². The van der Waals surface area contributed by atoms with Gasteiger partial charge in [0.2, 0.25) is 0 Å². The second-order valence-electron chi connectivity index (χ2n) is 3.62. The summed E-state index contributed by atoms with van der Waals surface area (Å²) in [5, 5.41) is 6.41. The van der Waals surface area contributed by atoms with Crippen LogP contribution in [0, 0.1) is 0 Å². The molecule has 0 aliphatic heterocycles. The molecule has 0 spiro atoms. The summed E-state index contributed by atoms with van der Waals surface area (Å²) < 4.78 is 10.1. The Morgan fingerprint density at radius 3 is 2.89 bits per heavy atom. The summed E-state index contributed by atoms with van der Waals surface area (Å²) in [6.45, 7) is 4.61. The first-order chi connectivity index (χ1) is 9.19. The zero-order valence-electron chi connectivity index (χ0n) is 11.2. The zero-order valence-corrected chi connectivity index (χ0v) is 12.0. The average Bonchev–Trinajstić information content (AvgIpc) is 2.75. The number of hydrogen-bond acceptors (Lipinski definition) is 7. The van der Waals surface area contributed by atoms with Crippen molar-refractivity contribution in [1.29, 1.82) is 0 Å². The topological polar surface area (TPSA) is 98.5 Å². The molecule has 0 saturated carbocycles. The molecule has 4 N–H and O–H groups in total. The number of nitrogens with two attached hydrogens (primary N) is 1. The van der Waals surface area contributed by atoms with Crippen molar-refractivity contribution in [3.05, 3.63) is 4.88 Å².